The number of carbonyl (C=O) groups excluding carboxylic acids is 1. The highest BCUT2D eigenvalue weighted by Crippen LogP contribution is 2.19. The Bertz CT molecular complexity index is 871. The highest BCUT2D eigenvalue weighted by Gasteiger charge is 2.09. The highest BCUT2D eigenvalue weighted by molar-refractivity contribution is 6.35. The van der Waals surface area contributed by atoms with Crippen LogP contribution in [-0.4, -0.2) is 22.8 Å². The molecule has 0 unspecified atom stereocenters. The second-order valence-electron chi connectivity index (χ2n) is 5.29. The quantitative estimate of drug-likeness (QED) is 0.729. The van der Waals surface area contributed by atoms with Gasteiger partial charge in [-0.1, -0.05) is 23.2 Å². The van der Waals surface area contributed by atoms with Gasteiger partial charge in [0.05, 0.1) is 25.0 Å². The van der Waals surface area contributed by atoms with E-state index in [0.717, 1.165) is 17.1 Å². The molecule has 1 amide bonds. The molecule has 0 atom stereocenters. The Morgan fingerprint density at radius 1 is 1.12 bits per heavy atom. The molecule has 1 N–H and O–H groups in total. The average molecular weight is 376 g/mol. The molecule has 2 aromatic carbocycles. The van der Waals surface area contributed by atoms with E-state index < -0.39 is 0 Å². The molecule has 128 valence electrons. The van der Waals surface area contributed by atoms with Gasteiger partial charge in [0.15, 0.2) is 0 Å². The number of benzene rings is 2. The molecular formula is C18H15Cl2N3O2. The maximum atomic E-state index is 12.2. The number of aromatic nitrogens is 2. The molecule has 0 aliphatic heterocycles. The van der Waals surface area contributed by atoms with Crippen molar-refractivity contribution in [3.8, 4) is 11.4 Å². The third kappa shape index (κ3) is 4.32. The summed E-state index contributed by atoms with van der Waals surface area (Å²) in [6, 6.07) is 14.1. The number of halogens is 2. The summed E-state index contributed by atoms with van der Waals surface area (Å²) in [7, 11) is 1.62. The van der Waals surface area contributed by atoms with Gasteiger partial charge in [0.1, 0.15) is 5.75 Å². The van der Waals surface area contributed by atoms with Crippen LogP contribution in [0.1, 0.15) is 16.1 Å². The lowest BCUT2D eigenvalue weighted by atomic mass is 10.2. The van der Waals surface area contributed by atoms with Crippen molar-refractivity contribution in [2.24, 2.45) is 0 Å². The van der Waals surface area contributed by atoms with E-state index in [-0.39, 0.29) is 5.91 Å². The molecule has 0 saturated carbocycles. The minimum Gasteiger partial charge on any atom is -0.497 e. The Hall–Kier alpha value is -2.50. The molecule has 0 bridgehead atoms. The largest absolute Gasteiger partial charge is 0.497 e. The van der Waals surface area contributed by atoms with Gasteiger partial charge < -0.3 is 10.1 Å². The van der Waals surface area contributed by atoms with E-state index in [4.69, 9.17) is 27.9 Å². The molecule has 0 aliphatic rings. The number of hydrogen-bond acceptors (Lipinski definition) is 3. The van der Waals surface area contributed by atoms with E-state index >= 15 is 0 Å². The highest BCUT2D eigenvalue weighted by atomic mass is 35.5. The van der Waals surface area contributed by atoms with Crippen LogP contribution in [0.3, 0.4) is 0 Å². The van der Waals surface area contributed by atoms with Crippen LogP contribution >= 0.6 is 23.2 Å². The topological polar surface area (TPSA) is 56.1 Å². The van der Waals surface area contributed by atoms with Crippen LogP contribution in [0.4, 0.5) is 0 Å². The first kappa shape index (κ1) is 17.3. The summed E-state index contributed by atoms with van der Waals surface area (Å²) in [6.07, 6.45) is 1.83. The molecule has 0 fully saturated rings. The molecule has 3 aromatic rings. The van der Waals surface area contributed by atoms with Crippen LogP contribution in [-0.2, 0) is 6.54 Å². The molecule has 5 nitrogen and oxygen atoms in total. The number of carbonyl (C=O) groups is 1. The summed E-state index contributed by atoms with van der Waals surface area (Å²) >= 11 is 11.8. The predicted octanol–water partition coefficient (Wildman–Crippen LogP) is 4.12. The Balaban J connectivity index is 1.65. The van der Waals surface area contributed by atoms with Gasteiger partial charge in [0.2, 0.25) is 0 Å². The zero-order valence-corrected chi connectivity index (χ0v) is 14.9. The number of ether oxygens (including phenoxy) is 1. The van der Waals surface area contributed by atoms with E-state index in [2.05, 4.69) is 10.4 Å². The number of nitrogens with one attached hydrogen (secondary N) is 1. The van der Waals surface area contributed by atoms with Crippen LogP contribution in [0.25, 0.3) is 5.69 Å². The van der Waals surface area contributed by atoms with E-state index in [1.807, 2.05) is 36.5 Å². The van der Waals surface area contributed by atoms with Gasteiger partial charge in [-0.3, -0.25) is 4.79 Å². The minimum atomic E-state index is -0.261. The molecule has 3 rings (SSSR count). The maximum absolute atomic E-state index is 12.2. The number of methoxy groups -OCH3 is 1. The zero-order chi connectivity index (χ0) is 17.8. The summed E-state index contributed by atoms with van der Waals surface area (Å²) in [6.45, 7) is 0.298. The van der Waals surface area contributed by atoms with Crippen LogP contribution in [0, 0.1) is 0 Å². The van der Waals surface area contributed by atoms with Crippen molar-refractivity contribution < 1.29 is 9.53 Å². The standard InChI is InChI=1S/C18H15Cl2N3O2/c1-25-17-4-2-16(3-5-17)23-7-6-15(22-23)11-21-18(24)12-8-13(19)10-14(20)9-12/h2-10H,11H2,1H3,(H,21,24). The van der Waals surface area contributed by atoms with Crippen molar-refractivity contribution in [1.29, 1.82) is 0 Å². The first-order valence-electron chi connectivity index (χ1n) is 7.48. The monoisotopic (exact) mass is 375 g/mol. The van der Waals surface area contributed by atoms with Crippen molar-refractivity contribution in [2.75, 3.05) is 7.11 Å². The Labute approximate surface area is 155 Å². The van der Waals surface area contributed by atoms with E-state index in [9.17, 15) is 4.79 Å². The van der Waals surface area contributed by atoms with Gasteiger partial charge in [0.25, 0.3) is 5.91 Å². The molecule has 0 saturated heterocycles. The van der Waals surface area contributed by atoms with Gasteiger partial charge in [-0.15, -0.1) is 0 Å². The third-order valence-corrected chi connectivity index (χ3v) is 3.97. The lowest BCUT2D eigenvalue weighted by molar-refractivity contribution is 0.0950. The van der Waals surface area contributed by atoms with E-state index in [1.165, 1.54) is 0 Å². The third-order valence-electron chi connectivity index (χ3n) is 3.54. The van der Waals surface area contributed by atoms with Gasteiger partial charge in [-0.25, -0.2) is 4.68 Å². The Morgan fingerprint density at radius 2 is 1.80 bits per heavy atom. The lowest BCUT2D eigenvalue weighted by Gasteiger charge is -2.05. The average Bonchev–Trinajstić information content (AvgIpc) is 3.08. The fourth-order valence-electron chi connectivity index (χ4n) is 2.29. The SMILES string of the molecule is COc1ccc(-n2ccc(CNC(=O)c3cc(Cl)cc(Cl)c3)n2)cc1. The lowest BCUT2D eigenvalue weighted by Crippen LogP contribution is -2.23. The van der Waals surface area contributed by atoms with Gasteiger partial charge in [-0.05, 0) is 48.5 Å². The minimum absolute atomic E-state index is 0.261. The Kier molecular flexibility index (Phi) is 5.26. The van der Waals surface area contributed by atoms with Crippen LogP contribution in [0.15, 0.2) is 54.7 Å². The number of rotatable bonds is 5. The first-order valence-corrected chi connectivity index (χ1v) is 8.24. The summed E-state index contributed by atoms with van der Waals surface area (Å²) < 4.78 is 6.87. The summed E-state index contributed by atoms with van der Waals surface area (Å²) in [5.41, 5.74) is 2.05. The van der Waals surface area contributed by atoms with Crippen LogP contribution in [0.5, 0.6) is 5.75 Å². The van der Waals surface area contributed by atoms with Crippen LogP contribution in [0.2, 0.25) is 10.0 Å². The van der Waals surface area contributed by atoms with Crippen molar-refractivity contribution in [2.45, 2.75) is 6.54 Å². The second kappa shape index (κ2) is 7.59. The normalized spacial score (nSPS) is 10.5. The number of hydrogen-bond donors (Lipinski definition) is 1. The fourth-order valence-corrected chi connectivity index (χ4v) is 2.82. The molecule has 0 radical (unpaired) electrons. The zero-order valence-electron chi connectivity index (χ0n) is 13.4. The molecule has 25 heavy (non-hydrogen) atoms. The molecule has 0 aliphatic carbocycles. The van der Waals surface area contributed by atoms with Crippen molar-refractivity contribution in [3.63, 3.8) is 0 Å². The molecule has 1 heterocycles. The van der Waals surface area contributed by atoms with Crippen LogP contribution < -0.4 is 10.1 Å². The van der Waals surface area contributed by atoms with Crippen molar-refractivity contribution >= 4 is 29.1 Å². The summed E-state index contributed by atoms with van der Waals surface area (Å²) in [4.78, 5) is 12.2. The predicted molar refractivity (Wildman–Crippen MR) is 97.7 cm³/mol. The van der Waals surface area contributed by atoms with Gasteiger partial charge >= 0.3 is 0 Å². The second-order valence-corrected chi connectivity index (χ2v) is 6.16. The van der Waals surface area contributed by atoms with E-state index in [0.29, 0.717) is 22.2 Å². The van der Waals surface area contributed by atoms with Crippen molar-refractivity contribution in [3.05, 3.63) is 76.0 Å². The summed E-state index contributed by atoms with van der Waals surface area (Å²) in [5.74, 6) is 0.520. The Morgan fingerprint density at radius 3 is 2.44 bits per heavy atom. The van der Waals surface area contributed by atoms with E-state index in [1.54, 1.807) is 30.0 Å². The molecular weight excluding hydrogens is 361 g/mol. The van der Waals surface area contributed by atoms with Gasteiger partial charge in [-0.2, -0.15) is 5.10 Å². The molecule has 1 aromatic heterocycles. The maximum Gasteiger partial charge on any atom is 0.251 e. The summed E-state index contributed by atoms with van der Waals surface area (Å²) in [5, 5.41) is 8.08. The smallest absolute Gasteiger partial charge is 0.251 e. The fraction of sp³-hybridized carbons (Fsp3) is 0.111. The molecule has 0 spiro atoms. The molecule has 7 heteroatoms. The first-order chi connectivity index (χ1) is 12.0. The number of amides is 1. The van der Waals surface area contributed by atoms with Gasteiger partial charge in [0, 0.05) is 21.8 Å². The van der Waals surface area contributed by atoms with Crippen molar-refractivity contribution in [1.82, 2.24) is 15.1 Å². The number of nitrogens with zero attached hydrogens (tertiary/aromatic N) is 2.